The summed E-state index contributed by atoms with van der Waals surface area (Å²) in [4.78, 5) is 24.5. The van der Waals surface area contributed by atoms with Crippen molar-refractivity contribution in [2.45, 2.75) is 31.6 Å². The second kappa shape index (κ2) is 10.5. The van der Waals surface area contributed by atoms with Gasteiger partial charge >= 0.3 is 0 Å². The highest BCUT2D eigenvalue weighted by atomic mass is 32.2. The highest BCUT2D eigenvalue weighted by Crippen LogP contribution is 2.30. The van der Waals surface area contributed by atoms with Gasteiger partial charge in [-0.1, -0.05) is 35.5 Å². The van der Waals surface area contributed by atoms with Gasteiger partial charge in [-0.05, 0) is 57.0 Å². The molecule has 0 unspecified atom stereocenters. The molecule has 1 N–H and O–H groups in total. The number of carbonyl (C=O) groups excluding carboxylic acids is 2. The highest BCUT2D eigenvalue weighted by molar-refractivity contribution is 7.89. The fraction of sp³-hybridized carbons (Fsp3) is 0.269. The van der Waals surface area contributed by atoms with Crippen molar-refractivity contribution in [3.63, 3.8) is 0 Å². The molecular formula is C26H26FN3O5S. The Hall–Kier alpha value is -3.63. The molecule has 8 nitrogen and oxygen atoms in total. The van der Waals surface area contributed by atoms with Crippen LogP contribution in [-0.4, -0.2) is 42.7 Å². The highest BCUT2D eigenvalue weighted by Gasteiger charge is 2.37. The van der Waals surface area contributed by atoms with E-state index in [2.05, 4.69) is 10.5 Å². The van der Waals surface area contributed by atoms with Gasteiger partial charge in [0, 0.05) is 29.9 Å². The van der Waals surface area contributed by atoms with Crippen molar-refractivity contribution >= 4 is 39.6 Å². The van der Waals surface area contributed by atoms with Crippen LogP contribution in [0.4, 0.5) is 10.1 Å². The Kier molecular flexibility index (Phi) is 7.46. The number of hydrogen-bond acceptors (Lipinski definition) is 6. The van der Waals surface area contributed by atoms with Crippen molar-refractivity contribution in [1.82, 2.24) is 9.46 Å². The number of ketones is 1. The maximum Gasteiger partial charge on any atom is 0.248 e. The minimum Gasteiger partial charge on any atom is -0.355 e. The number of aryl methyl sites for hydroxylation is 1. The number of carbonyl (C=O) groups is 2. The summed E-state index contributed by atoms with van der Waals surface area (Å²) in [5.41, 5.74) is 1.40. The maximum absolute atomic E-state index is 14.0. The average Bonchev–Trinajstić information content (AvgIpc) is 3.24. The molecule has 3 aromatic rings. The van der Waals surface area contributed by atoms with Gasteiger partial charge in [0.15, 0.2) is 16.4 Å². The minimum atomic E-state index is -4.04. The van der Waals surface area contributed by atoms with Crippen LogP contribution >= 0.6 is 0 Å². The summed E-state index contributed by atoms with van der Waals surface area (Å²) >= 11 is 0. The summed E-state index contributed by atoms with van der Waals surface area (Å²) in [6.45, 7) is 3.19. The predicted molar refractivity (Wildman–Crippen MR) is 133 cm³/mol. The number of amides is 1. The van der Waals surface area contributed by atoms with E-state index in [1.807, 2.05) is 0 Å². The lowest BCUT2D eigenvalue weighted by Crippen LogP contribution is -2.43. The quantitative estimate of drug-likeness (QED) is 0.467. The zero-order valence-electron chi connectivity index (χ0n) is 19.9. The lowest BCUT2D eigenvalue weighted by atomic mass is 9.98. The molecule has 2 aromatic carbocycles. The number of nitrogens with one attached hydrogen (secondary N) is 1. The number of hydrogen-bond donors (Lipinski definition) is 1. The lowest BCUT2D eigenvalue weighted by molar-refractivity contribution is -0.120. The Bertz CT molecular complexity index is 1430. The molecule has 1 amide bonds. The fourth-order valence-corrected chi connectivity index (χ4v) is 5.91. The molecule has 0 spiro atoms. The Morgan fingerprint density at radius 2 is 1.94 bits per heavy atom. The summed E-state index contributed by atoms with van der Waals surface area (Å²) in [6.07, 6.45) is 3.82. The van der Waals surface area contributed by atoms with Crippen LogP contribution in [-0.2, 0) is 14.8 Å². The minimum absolute atomic E-state index is 0.0108. The van der Waals surface area contributed by atoms with Gasteiger partial charge < -0.3 is 9.84 Å². The topological polar surface area (TPSA) is 110 Å². The van der Waals surface area contributed by atoms with Crippen molar-refractivity contribution in [3.8, 4) is 0 Å². The summed E-state index contributed by atoms with van der Waals surface area (Å²) in [5, 5.41) is 6.60. The Labute approximate surface area is 208 Å². The van der Waals surface area contributed by atoms with E-state index >= 15 is 0 Å². The standard InChI is InChI=1S/C26H26FN3O5S/c1-17-25(24(35-29-17)13-12-19-7-3-4-11-23(19)27)36(33,34)30-14-6-9-21(16-30)26(32)28-22-10-5-8-20(15-22)18(2)31/h3-5,7-8,10-13,15,21H,6,9,14,16H2,1-2H3,(H,28,32)/b13-12+/t21-/m0/s1. The van der Waals surface area contributed by atoms with Gasteiger partial charge in [0.2, 0.25) is 15.9 Å². The average molecular weight is 512 g/mol. The van der Waals surface area contributed by atoms with Crippen LogP contribution in [0.2, 0.25) is 0 Å². The van der Waals surface area contributed by atoms with Crippen LogP contribution in [0.5, 0.6) is 0 Å². The van der Waals surface area contributed by atoms with Crippen LogP contribution in [0.15, 0.2) is 57.9 Å². The number of Topliss-reactive ketones (excluding diaryl/α,β-unsaturated/α-hetero) is 1. The molecule has 1 fully saturated rings. The normalized spacial score (nSPS) is 16.8. The predicted octanol–water partition coefficient (Wildman–Crippen LogP) is 4.53. The van der Waals surface area contributed by atoms with E-state index in [4.69, 9.17) is 4.52 Å². The molecule has 0 saturated carbocycles. The van der Waals surface area contributed by atoms with Gasteiger partial charge in [-0.15, -0.1) is 0 Å². The van der Waals surface area contributed by atoms with Gasteiger partial charge in [-0.25, -0.2) is 12.8 Å². The Balaban J connectivity index is 1.53. The summed E-state index contributed by atoms with van der Waals surface area (Å²) in [7, 11) is -4.04. The fourth-order valence-electron chi connectivity index (χ4n) is 4.14. The molecule has 0 bridgehead atoms. The van der Waals surface area contributed by atoms with Gasteiger partial charge in [0.1, 0.15) is 11.5 Å². The van der Waals surface area contributed by atoms with Gasteiger partial charge in [0.25, 0.3) is 0 Å². The largest absolute Gasteiger partial charge is 0.355 e. The summed E-state index contributed by atoms with van der Waals surface area (Å²) in [5.74, 6) is -1.48. The zero-order chi connectivity index (χ0) is 25.9. The number of rotatable bonds is 7. The summed E-state index contributed by atoms with van der Waals surface area (Å²) < 4.78 is 47.6. The molecule has 1 saturated heterocycles. The lowest BCUT2D eigenvalue weighted by Gasteiger charge is -2.31. The number of halogens is 1. The van der Waals surface area contributed by atoms with E-state index in [9.17, 15) is 22.4 Å². The van der Waals surface area contributed by atoms with Crippen LogP contribution in [0, 0.1) is 18.7 Å². The monoisotopic (exact) mass is 511 g/mol. The Morgan fingerprint density at radius 3 is 2.69 bits per heavy atom. The third-order valence-electron chi connectivity index (χ3n) is 6.04. The number of nitrogens with zero attached hydrogens (tertiary/aromatic N) is 2. The van der Waals surface area contributed by atoms with E-state index in [1.165, 1.54) is 36.4 Å². The molecule has 188 valence electrons. The number of anilines is 1. The van der Waals surface area contributed by atoms with Crippen LogP contribution in [0.3, 0.4) is 0 Å². The molecule has 1 aliphatic heterocycles. The van der Waals surface area contributed by atoms with Crippen LogP contribution in [0.1, 0.15) is 47.1 Å². The first-order chi connectivity index (χ1) is 17.2. The van der Waals surface area contributed by atoms with E-state index in [1.54, 1.807) is 42.5 Å². The van der Waals surface area contributed by atoms with Crippen molar-refractivity contribution in [2.24, 2.45) is 5.92 Å². The molecule has 1 aliphatic rings. The van der Waals surface area contributed by atoms with E-state index in [0.29, 0.717) is 24.1 Å². The number of sulfonamides is 1. The van der Waals surface area contributed by atoms with Crippen molar-refractivity contribution in [1.29, 1.82) is 0 Å². The molecule has 1 atom stereocenters. The first kappa shape index (κ1) is 25.5. The van der Waals surface area contributed by atoms with Crippen molar-refractivity contribution < 1.29 is 26.9 Å². The van der Waals surface area contributed by atoms with E-state index < -0.39 is 21.8 Å². The third-order valence-corrected chi connectivity index (χ3v) is 8.07. The SMILES string of the molecule is CC(=O)c1cccc(NC(=O)[C@H]2CCCN(S(=O)(=O)c3c(C)noc3/C=C/c3ccccc3F)C2)c1. The molecular weight excluding hydrogens is 485 g/mol. The molecule has 10 heteroatoms. The second-order valence-corrected chi connectivity index (χ2v) is 10.5. The molecule has 0 radical (unpaired) electrons. The molecule has 0 aliphatic carbocycles. The Morgan fingerprint density at radius 1 is 1.17 bits per heavy atom. The second-order valence-electron chi connectivity index (χ2n) is 8.64. The first-order valence-corrected chi connectivity index (χ1v) is 12.9. The number of aromatic nitrogens is 1. The molecule has 4 rings (SSSR count). The van der Waals surface area contributed by atoms with Crippen LogP contribution < -0.4 is 5.32 Å². The van der Waals surface area contributed by atoms with Crippen LogP contribution in [0.25, 0.3) is 12.2 Å². The third kappa shape index (κ3) is 5.44. The first-order valence-electron chi connectivity index (χ1n) is 11.5. The van der Waals surface area contributed by atoms with Gasteiger partial charge in [0.05, 0.1) is 5.92 Å². The molecule has 2 heterocycles. The van der Waals surface area contributed by atoms with Gasteiger partial charge in [-0.2, -0.15) is 4.31 Å². The molecule has 36 heavy (non-hydrogen) atoms. The van der Waals surface area contributed by atoms with E-state index in [0.717, 1.165) is 0 Å². The number of piperidine rings is 1. The van der Waals surface area contributed by atoms with Crippen molar-refractivity contribution in [3.05, 3.63) is 76.9 Å². The smallest absolute Gasteiger partial charge is 0.248 e. The van der Waals surface area contributed by atoms with E-state index in [-0.39, 0.29) is 46.7 Å². The van der Waals surface area contributed by atoms with Gasteiger partial charge in [-0.3, -0.25) is 9.59 Å². The maximum atomic E-state index is 14.0. The number of benzene rings is 2. The zero-order valence-corrected chi connectivity index (χ0v) is 20.7. The summed E-state index contributed by atoms with van der Waals surface area (Å²) in [6, 6.07) is 12.7. The molecule has 1 aromatic heterocycles. The van der Waals surface area contributed by atoms with Crippen molar-refractivity contribution in [2.75, 3.05) is 18.4 Å².